The third kappa shape index (κ3) is 12.3. The van der Waals surface area contributed by atoms with Crippen LogP contribution in [-0.2, 0) is 24.0 Å². The maximum atomic E-state index is 13.3. The highest BCUT2D eigenvalue weighted by atomic mass is 32.2. The van der Waals surface area contributed by atoms with E-state index >= 15 is 0 Å². The minimum atomic E-state index is -1.26. The molecule has 3 rings (SSSR count). The van der Waals surface area contributed by atoms with E-state index in [1.165, 1.54) is 11.8 Å². The van der Waals surface area contributed by atoms with Gasteiger partial charge >= 0.3 is 18.0 Å². The topological polar surface area (TPSA) is 203 Å². The third-order valence-corrected chi connectivity index (χ3v) is 8.86. The molecule has 1 heterocycles. The molecule has 1 fully saturated rings. The number of nitrogens with one attached hydrogen (secondary N) is 4. The van der Waals surface area contributed by atoms with Crippen molar-refractivity contribution >= 4 is 58.8 Å². The number of rotatable bonds is 15. The zero-order chi connectivity index (χ0) is 36.3. The fourth-order valence-electron chi connectivity index (χ4n) is 5.31. The molecule has 0 bridgehead atoms. The third-order valence-electron chi connectivity index (χ3n) is 7.77. The van der Waals surface area contributed by atoms with Crippen molar-refractivity contribution in [2.75, 3.05) is 35.8 Å². The Balaban J connectivity index is 1.54. The number of hydrogen-bond donors (Lipinski definition) is 6. The van der Waals surface area contributed by atoms with Crippen molar-refractivity contribution in [3.05, 3.63) is 54.1 Å². The van der Waals surface area contributed by atoms with Crippen molar-refractivity contribution in [1.82, 2.24) is 15.5 Å². The summed E-state index contributed by atoms with van der Waals surface area (Å²) in [7, 11) is 1.55. The van der Waals surface area contributed by atoms with Gasteiger partial charge in [0.25, 0.3) is 0 Å². The summed E-state index contributed by atoms with van der Waals surface area (Å²) in [6, 6.07) is 10.2. The van der Waals surface area contributed by atoms with Crippen LogP contribution in [0.2, 0.25) is 0 Å². The highest BCUT2D eigenvalue weighted by Crippen LogP contribution is 2.33. The van der Waals surface area contributed by atoms with E-state index in [2.05, 4.69) is 21.3 Å². The summed E-state index contributed by atoms with van der Waals surface area (Å²) in [5.74, 6) is -3.08. The Kier molecular flexibility index (Phi) is 13.9. The summed E-state index contributed by atoms with van der Waals surface area (Å²) < 4.78 is 5.12. The SMILES string of the molecule is COc1ccc(NC(=O)Nc2ccc(C3CC(C(=O)NC(CCSCC(NC(=O)CC(C)(C)C)C(=O)O)C(=O)O)N(C(C)=O)C3)cc2)cc1. The van der Waals surface area contributed by atoms with Crippen LogP contribution in [0.15, 0.2) is 48.5 Å². The predicted molar refractivity (Wildman–Crippen MR) is 186 cm³/mol. The van der Waals surface area contributed by atoms with Gasteiger partial charge in [0, 0.05) is 42.9 Å². The first-order valence-electron chi connectivity index (χ1n) is 15.8. The molecule has 266 valence electrons. The lowest BCUT2D eigenvalue weighted by Gasteiger charge is -2.24. The molecule has 0 aliphatic carbocycles. The number of carbonyl (C=O) groups is 6. The summed E-state index contributed by atoms with van der Waals surface area (Å²) in [6.07, 6.45) is 0.428. The first-order chi connectivity index (χ1) is 23.1. The number of thioether (sulfide) groups is 1. The molecule has 2 aromatic carbocycles. The Morgan fingerprint density at radius 1 is 0.898 bits per heavy atom. The molecular weight excluding hydrogens is 654 g/mol. The highest BCUT2D eigenvalue weighted by Gasteiger charge is 2.40. The van der Waals surface area contributed by atoms with E-state index in [0.29, 0.717) is 17.1 Å². The molecule has 4 unspecified atom stereocenters. The van der Waals surface area contributed by atoms with Crippen molar-refractivity contribution in [2.24, 2.45) is 5.41 Å². The molecule has 14 nitrogen and oxygen atoms in total. The number of carboxylic acid groups (broad SMARTS) is 2. The van der Waals surface area contributed by atoms with Gasteiger partial charge < -0.3 is 41.1 Å². The zero-order valence-corrected chi connectivity index (χ0v) is 29.1. The molecule has 1 aliphatic rings. The number of likely N-dealkylation sites (tertiary alicyclic amines) is 1. The summed E-state index contributed by atoms with van der Waals surface area (Å²) >= 11 is 1.15. The van der Waals surface area contributed by atoms with Gasteiger partial charge in [-0.2, -0.15) is 11.8 Å². The largest absolute Gasteiger partial charge is 0.497 e. The number of benzene rings is 2. The van der Waals surface area contributed by atoms with E-state index < -0.39 is 42.0 Å². The Morgan fingerprint density at radius 3 is 1.98 bits per heavy atom. The van der Waals surface area contributed by atoms with Crippen molar-refractivity contribution in [3.63, 3.8) is 0 Å². The second-order valence-corrected chi connectivity index (χ2v) is 14.2. The van der Waals surface area contributed by atoms with E-state index in [9.17, 15) is 39.0 Å². The fraction of sp³-hybridized carbons (Fsp3) is 0.471. The van der Waals surface area contributed by atoms with Gasteiger partial charge in [0.1, 0.15) is 23.9 Å². The van der Waals surface area contributed by atoms with Crippen LogP contribution in [0.25, 0.3) is 0 Å². The smallest absolute Gasteiger partial charge is 0.327 e. The molecule has 6 N–H and O–H groups in total. The number of hydrogen-bond acceptors (Lipinski definition) is 8. The number of ether oxygens (including phenoxy) is 1. The normalized spacial score (nSPS) is 17.0. The zero-order valence-electron chi connectivity index (χ0n) is 28.3. The first kappa shape index (κ1) is 38.7. The summed E-state index contributed by atoms with van der Waals surface area (Å²) in [5, 5.41) is 29.8. The van der Waals surface area contributed by atoms with Crippen LogP contribution < -0.4 is 26.0 Å². The summed E-state index contributed by atoms with van der Waals surface area (Å²) in [5.41, 5.74) is 1.65. The molecule has 5 amide bonds. The van der Waals surface area contributed by atoms with Crippen molar-refractivity contribution in [2.45, 2.75) is 71.0 Å². The van der Waals surface area contributed by atoms with Crippen LogP contribution in [0, 0.1) is 5.41 Å². The van der Waals surface area contributed by atoms with Crippen molar-refractivity contribution < 1.29 is 43.7 Å². The standard InChI is InChI=1S/C34H45N5O9S/c1-20(40)39-18-22(21-6-8-23(9-7-21)35-33(47)36-24-10-12-25(48-5)13-11-24)16-28(39)30(42)38-26(31(43)44)14-15-49-19-27(32(45)46)37-29(41)17-34(2,3)4/h6-13,22,26-28H,14-19H2,1-5H3,(H,37,41)(H,38,42)(H,43,44)(H,45,46)(H2,35,36,47). The number of carboxylic acids is 2. The van der Waals surface area contributed by atoms with Gasteiger partial charge in [-0.15, -0.1) is 0 Å². The van der Waals surface area contributed by atoms with Crippen LogP contribution >= 0.6 is 11.8 Å². The number of methoxy groups -OCH3 is 1. The van der Waals surface area contributed by atoms with Gasteiger partial charge in [0.05, 0.1) is 7.11 Å². The Labute approximate surface area is 289 Å². The second kappa shape index (κ2) is 17.6. The molecule has 1 saturated heterocycles. The number of carbonyl (C=O) groups excluding carboxylic acids is 4. The predicted octanol–water partition coefficient (Wildman–Crippen LogP) is 3.74. The number of amides is 5. The molecule has 49 heavy (non-hydrogen) atoms. The number of nitrogens with zero attached hydrogens (tertiary/aromatic N) is 1. The van der Waals surface area contributed by atoms with Gasteiger partial charge in [0.2, 0.25) is 17.7 Å². The van der Waals surface area contributed by atoms with Gasteiger partial charge in [-0.05, 0) is 66.0 Å². The van der Waals surface area contributed by atoms with Gasteiger partial charge in [-0.1, -0.05) is 32.9 Å². The lowest BCUT2D eigenvalue weighted by Crippen LogP contribution is -2.50. The maximum Gasteiger partial charge on any atom is 0.327 e. The van der Waals surface area contributed by atoms with Crippen LogP contribution in [0.5, 0.6) is 5.75 Å². The monoisotopic (exact) mass is 699 g/mol. The van der Waals surface area contributed by atoms with E-state index in [-0.39, 0.29) is 60.5 Å². The quantitative estimate of drug-likeness (QED) is 0.149. The fourth-order valence-corrected chi connectivity index (χ4v) is 6.34. The van der Waals surface area contributed by atoms with E-state index in [0.717, 1.165) is 17.3 Å². The molecule has 2 aromatic rings. The Morgan fingerprint density at radius 2 is 1.47 bits per heavy atom. The first-order valence-corrected chi connectivity index (χ1v) is 16.9. The lowest BCUT2D eigenvalue weighted by atomic mass is 9.92. The molecule has 0 aromatic heterocycles. The molecule has 0 radical (unpaired) electrons. The maximum absolute atomic E-state index is 13.3. The Hall–Kier alpha value is -4.79. The average Bonchev–Trinajstić information content (AvgIpc) is 3.48. The second-order valence-electron chi connectivity index (χ2n) is 13.0. The molecule has 1 aliphatic heterocycles. The van der Waals surface area contributed by atoms with E-state index in [1.807, 2.05) is 20.8 Å². The van der Waals surface area contributed by atoms with Crippen LogP contribution in [0.3, 0.4) is 0 Å². The highest BCUT2D eigenvalue weighted by molar-refractivity contribution is 7.99. The number of aliphatic carboxylic acids is 2. The van der Waals surface area contributed by atoms with Gasteiger partial charge in [-0.3, -0.25) is 14.4 Å². The van der Waals surface area contributed by atoms with Gasteiger partial charge in [-0.25, -0.2) is 14.4 Å². The molecular formula is C34H45N5O9S. The van der Waals surface area contributed by atoms with Crippen LogP contribution in [0.1, 0.15) is 58.4 Å². The number of anilines is 2. The molecule has 0 spiro atoms. The van der Waals surface area contributed by atoms with Crippen molar-refractivity contribution in [3.8, 4) is 5.75 Å². The van der Waals surface area contributed by atoms with E-state index in [4.69, 9.17) is 4.74 Å². The average molecular weight is 700 g/mol. The summed E-state index contributed by atoms with van der Waals surface area (Å²) in [6.45, 7) is 7.20. The number of urea groups is 1. The molecule has 15 heteroatoms. The molecule has 0 saturated carbocycles. The van der Waals surface area contributed by atoms with E-state index in [1.54, 1.807) is 55.6 Å². The van der Waals surface area contributed by atoms with Crippen LogP contribution in [0.4, 0.5) is 16.2 Å². The Bertz CT molecular complexity index is 1490. The lowest BCUT2D eigenvalue weighted by molar-refractivity contribution is -0.143. The van der Waals surface area contributed by atoms with Gasteiger partial charge in [0.15, 0.2) is 0 Å². The van der Waals surface area contributed by atoms with Crippen molar-refractivity contribution in [1.29, 1.82) is 0 Å². The van der Waals surface area contributed by atoms with Crippen LogP contribution in [-0.4, -0.2) is 94.1 Å². The minimum absolute atomic E-state index is 0.00470. The minimum Gasteiger partial charge on any atom is -0.497 e. The molecule has 4 atom stereocenters. The summed E-state index contributed by atoms with van der Waals surface area (Å²) in [4.78, 5) is 75.5.